The highest BCUT2D eigenvalue weighted by atomic mass is 19.1. The number of carbonyl (C=O) groups is 1. The molecule has 0 saturated carbocycles. The minimum absolute atomic E-state index is 0.391. The minimum Gasteiger partial charge on any atom is -0.479 e. The van der Waals surface area contributed by atoms with Gasteiger partial charge in [-0.3, -0.25) is 0 Å². The summed E-state index contributed by atoms with van der Waals surface area (Å²) in [7, 11) is 0. The molecule has 0 aliphatic carbocycles. The number of aryl methyl sites for hydroxylation is 1. The van der Waals surface area contributed by atoms with E-state index >= 15 is 0 Å². The summed E-state index contributed by atoms with van der Waals surface area (Å²) in [6, 6.07) is 12.9. The van der Waals surface area contributed by atoms with Crippen LogP contribution in [0, 0.1) is 12.7 Å². The van der Waals surface area contributed by atoms with Crippen molar-refractivity contribution in [2.24, 2.45) is 0 Å². The Labute approximate surface area is 117 Å². The fourth-order valence-electron chi connectivity index (χ4n) is 2.01. The number of nitrogens with one attached hydrogen (secondary N) is 1. The topological polar surface area (TPSA) is 49.3 Å². The van der Waals surface area contributed by atoms with Gasteiger partial charge in [-0.2, -0.15) is 0 Å². The molecule has 0 fully saturated rings. The second-order valence-electron chi connectivity index (χ2n) is 4.88. The number of benzene rings is 2. The molecule has 4 heteroatoms. The zero-order valence-corrected chi connectivity index (χ0v) is 11.4. The van der Waals surface area contributed by atoms with E-state index in [0.29, 0.717) is 5.56 Å². The molecule has 0 spiro atoms. The van der Waals surface area contributed by atoms with Crippen molar-refractivity contribution < 1.29 is 14.3 Å². The number of anilines is 1. The lowest BCUT2D eigenvalue weighted by atomic mass is 9.91. The number of aliphatic carboxylic acids is 1. The number of hydrogen-bond acceptors (Lipinski definition) is 2. The third-order valence-electron chi connectivity index (χ3n) is 3.38. The fraction of sp³-hybridized carbons (Fsp3) is 0.188. The standard InChI is InChI=1S/C16H16FNO2/c1-11-5-3-4-6-14(11)18-16(2,15(19)20)12-7-9-13(17)10-8-12/h3-10,18H,1-2H3,(H,19,20). The first-order valence-electron chi connectivity index (χ1n) is 6.27. The summed E-state index contributed by atoms with van der Waals surface area (Å²) in [6.45, 7) is 3.46. The number of rotatable bonds is 4. The summed E-state index contributed by atoms with van der Waals surface area (Å²) >= 11 is 0. The van der Waals surface area contributed by atoms with E-state index in [1.807, 2.05) is 31.2 Å². The van der Waals surface area contributed by atoms with Crippen molar-refractivity contribution in [1.82, 2.24) is 0 Å². The van der Waals surface area contributed by atoms with Crippen LogP contribution in [0.15, 0.2) is 48.5 Å². The van der Waals surface area contributed by atoms with Gasteiger partial charge in [-0.1, -0.05) is 30.3 Å². The summed E-state index contributed by atoms with van der Waals surface area (Å²) in [6.07, 6.45) is 0. The molecular formula is C16H16FNO2. The van der Waals surface area contributed by atoms with Gasteiger partial charge in [-0.25, -0.2) is 9.18 Å². The van der Waals surface area contributed by atoms with Gasteiger partial charge >= 0.3 is 5.97 Å². The second-order valence-corrected chi connectivity index (χ2v) is 4.88. The van der Waals surface area contributed by atoms with Crippen LogP contribution in [0.25, 0.3) is 0 Å². The molecule has 2 aromatic carbocycles. The van der Waals surface area contributed by atoms with Crippen LogP contribution >= 0.6 is 0 Å². The first-order valence-corrected chi connectivity index (χ1v) is 6.27. The SMILES string of the molecule is Cc1ccccc1NC(C)(C(=O)O)c1ccc(F)cc1. The molecule has 0 heterocycles. The van der Waals surface area contributed by atoms with Crippen molar-refractivity contribution in [3.05, 3.63) is 65.5 Å². The Morgan fingerprint density at radius 1 is 1.15 bits per heavy atom. The molecule has 2 N–H and O–H groups in total. The highest BCUT2D eigenvalue weighted by Crippen LogP contribution is 2.28. The Bertz CT molecular complexity index is 625. The van der Waals surface area contributed by atoms with Crippen LogP contribution in [-0.2, 0) is 10.3 Å². The summed E-state index contributed by atoms with van der Waals surface area (Å²) in [5.41, 5.74) is 0.860. The van der Waals surface area contributed by atoms with Gasteiger partial charge in [0.05, 0.1) is 0 Å². The lowest BCUT2D eigenvalue weighted by Crippen LogP contribution is -2.40. The van der Waals surface area contributed by atoms with Gasteiger partial charge in [0.15, 0.2) is 5.54 Å². The van der Waals surface area contributed by atoms with E-state index in [2.05, 4.69) is 5.32 Å². The maximum absolute atomic E-state index is 13.0. The van der Waals surface area contributed by atoms with Gasteiger partial charge < -0.3 is 10.4 Å². The van der Waals surface area contributed by atoms with Crippen molar-refractivity contribution in [2.45, 2.75) is 19.4 Å². The largest absolute Gasteiger partial charge is 0.479 e. The van der Waals surface area contributed by atoms with Crippen molar-refractivity contribution in [2.75, 3.05) is 5.32 Å². The Kier molecular flexibility index (Phi) is 3.74. The van der Waals surface area contributed by atoms with E-state index in [9.17, 15) is 14.3 Å². The van der Waals surface area contributed by atoms with Gasteiger partial charge in [0.1, 0.15) is 5.82 Å². The van der Waals surface area contributed by atoms with E-state index < -0.39 is 17.3 Å². The summed E-state index contributed by atoms with van der Waals surface area (Å²) in [5.74, 6) is -1.41. The number of para-hydroxylation sites is 1. The van der Waals surface area contributed by atoms with E-state index in [-0.39, 0.29) is 0 Å². The molecule has 2 rings (SSSR count). The fourth-order valence-corrected chi connectivity index (χ4v) is 2.01. The molecule has 0 radical (unpaired) electrons. The molecule has 1 atom stereocenters. The summed E-state index contributed by atoms with van der Waals surface area (Å²) in [4.78, 5) is 11.7. The molecule has 2 aromatic rings. The highest BCUT2D eigenvalue weighted by molar-refractivity contribution is 5.84. The van der Waals surface area contributed by atoms with Gasteiger partial charge in [-0.15, -0.1) is 0 Å². The molecule has 0 aromatic heterocycles. The average molecular weight is 273 g/mol. The van der Waals surface area contributed by atoms with Crippen molar-refractivity contribution in [3.8, 4) is 0 Å². The maximum atomic E-state index is 13.0. The first-order chi connectivity index (χ1) is 9.43. The van der Waals surface area contributed by atoms with Crippen LogP contribution in [0.5, 0.6) is 0 Å². The Hall–Kier alpha value is -2.36. The maximum Gasteiger partial charge on any atom is 0.333 e. The molecule has 0 aliphatic heterocycles. The molecule has 3 nitrogen and oxygen atoms in total. The third-order valence-corrected chi connectivity index (χ3v) is 3.38. The van der Waals surface area contributed by atoms with E-state index in [4.69, 9.17) is 0 Å². The number of carboxylic acid groups (broad SMARTS) is 1. The highest BCUT2D eigenvalue weighted by Gasteiger charge is 2.35. The summed E-state index contributed by atoms with van der Waals surface area (Å²) < 4.78 is 13.0. The molecular weight excluding hydrogens is 257 g/mol. The van der Waals surface area contributed by atoms with Gasteiger partial charge in [-0.05, 0) is 43.2 Å². The van der Waals surface area contributed by atoms with Crippen molar-refractivity contribution in [1.29, 1.82) is 0 Å². The number of carboxylic acids is 1. The lowest BCUT2D eigenvalue weighted by Gasteiger charge is -2.28. The average Bonchev–Trinajstić information content (AvgIpc) is 2.42. The Balaban J connectivity index is 2.43. The quantitative estimate of drug-likeness (QED) is 0.895. The third kappa shape index (κ3) is 2.64. The lowest BCUT2D eigenvalue weighted by molar-refractivity contribution is -0.142. The number of halogens is 1. The van der Waals surface area contributed by atoms with Gasteiger partial charge in [0, 0.05) is 5.69 Å². The zero-order chi connectivity index (χ0) is 14.8. The molecule has 0 saturated heterocycles. The first kappa shape index (κ1) is 14.1. The van der Waals surface area contributed by atoms with Crippen LogP contribution in [0.3, 0.4) is 0 Å². The second kappa shape index (κ2) is 5.33. The Morgan fingerprint density at radius 3 is 2.30 bits per heavy atom. The predicted octanol–water partition coefficient (Wildman–Crippen LogP) is 3.55. The van der Waals surface area contributed by atoms with Crippen molar-refractivity contribution >= 4 is 11.7 Å². The van der Waals surface area contributed by atoms with Gasteiger partial charge in [0.25, 0.3) is 0 Å². The monoisotopic (exact) mass is 273 g/mol. The van der Waals surface area contributed by atoms with Crippen LogP contribution < -0.4 is 5.32 Å². The molecule has 20 heavy (non-hydrogen) atoms. The van der Waals surface area contributed by atoms with E-state index in [1.165, 1.54) is 24.3 Å². The predicted molar refractivity (Wildman–Crippen MR) is 76.2 cm³/mol. The molecule has 0 amide bonds. The Morgan fingerprint density at radius 2 is 1.75 bits per heavy atom. The summed E-state index contributed by atoms with van der Waals surface area (Å²) in [5, 5.41) is 12.6. The van der Waals surface area contributed by atoms with Crippen LogP contribution in [-0.4, -0.2) is 11.1 Å². The van der Waals surface area contributed by atoms with Crippen LogP contribution in [0.2, 0.25) is 0 Å². The van der Waals surface area contributed by atoms with Crippen LogP contribution in [0.1, 0.15) is 18.1 Å². The van der Waals surface area contributed by atoms with E-state index in [0.717, 1.165) is 11.3 Å². The number of hydrogen-bond donors (Lipinski definition) is 2. The molecule has 0 bridgehead atoms. The van der Waals surface area contributed by atoms with Gasteiger partial charge in [0.2, 0.25) is 0 Å². The molecule has 0 aliphatic rings. The van der Waals surface area contributed by atoms with Crippen LogP contribution in [0.4, 0.5) is 10.1 Å². The molecule has 1 unspecified atom stereocenters. The zero-order valence-electron chi connectivity index (χ0n) is 11.4. The van der Waals surface area contributed by atoms with Crippen molar-refractivity contribution in [3.63, 3.8) is 0 Å². The normalized spacial score (nSPS) is 13.6. The van der Waals surface area contributed by atoms with E-state index in [1.54, 1.807) is 6.92 Å². The smallest absolute Gasteiger partial charge is 0.333 e. The molecule has 104 valence electrons. The minimum atomic E-state index is -1.32.